The Balaban J connectivity index is 4.20. The van der Waals surface area contributed by atoms with Gasteiger partial charge < -0.3 is 9.73 Å². The molecule has 0 atom stereocenters. The van der Waals surface area contributed by atoms with Crippen LogP contribution in [0.3, 0.4) is 0 Å². The molecule has 0 bridgehead atoms. The summed E-state index contributed by atoms with van der Waals surface area (Å²) in [4.78, 5) is 0. The molecule has 0 spiro atoms. The highest BCUT2D eigenvalue weighted by Gasteiger charge is 2.16. The van der Waals surface area contributed by atoms with Gasteiger partial charge in [-0.05, 0) is 33.5 Å². The highest BCUT2D eigenvalue weighted by atomic mass is 28.4. The molecule has 0 aliphatic heterocycles. The topological polar surface area (TPSA) is 54.2 Å². The maximum atomic E-state index is 8.40. The van der Waals surface area contributed by atoms with Crippen molar-refractivity contribution in [1.82, 2.24) is 0 Å². The zero-order valence-electron chi connectivity index (χ0n) is 8.25. The van der Waals surface area contributed by atoms with Gasteiger partial charge in [0.05, 0.1) is 5.71 Å². The van der Waals surface area contributed by atoms with Crippen LogP contribution in [0.4, 0.5) is 0 Å². The second-order valence-electron chi connectivity index (χ2n) is 3.57. The summed E-state index contributed by atoms with van der Waals surface area (Å²) in [5, 5.41) is 15.3. The number of hydrogen-bond acceptors (Lipinski definition) is 4. The summed E-state index contributed by atoms with van der Waals surface area (Å²) in [5.74, 6) is 0. The lowest BCUT2D eigenvalue weighted by atomic mass is 10.3. The first-order valence-corrected chi connectivity index (χ1v) is 7.19. The molecule has 0 unspecified atom stereocenters. The van der Waals surface area contributed by atoms with Crippen LogP contribution in [0.5, 0.6) is 0 Å². The van der Waals surface area contributed by atoms with E-state index in [0.717, 1.165) is 0 Å². The SMILES string of the molecule is CC(=NO)C(C)=NO[Si](C)(C)C. The van der Waals surface area contributed by atoms with Crippen LogP contribution >= 0.6 is 0 Å². The normalized spacial score (nSPS) is 14.8. The van der Waals surface area contributed by atoms with Crippen molar-refractivity contribution in [3.63, 3.8) is 0 Å². The van der Waals surface area contributed by atoms with Gasteiger partial charge in [-0.1, -0.05) is 5.16 Å². The summed E-state index contributed by atoms with van der Waals surface area (Å²) in [6.45, 7) is 9.53. The molecule has 70 valence electrons. The highest BCUT2D eigenvalue weighted by Crippen LogP contribution is 2.03. The van der Waals surface area contributed by atoms with Gasteiger partial charge in [0.25, 0.3) is 8.32 Å². The first-order chi connectivity index (χ1) is 5.37. The second kappa shape index (κ2) is 4.25. The summed E-state index contributed by atoms with van der Waals surface area (Å²) in [6.07, 6.45) is 0. The van der Waals surface area contributed by atoms with Crippen molar-refractivity contribution in [3.05, 3.63) is 0 Å². The van der Waals surface area contributed by atoms with E-state index in [4.69, 9.17) is 9.73 Å². The van der Waals surface area contributed by atoms with E-state index in [1.54, 1.807) is 13.8 Å². The molecule has 0 heterocycles. The third kappa shape index (κ3) is 4.89. The molecule has 0 saturated carbocycles. The molecule has 0 aliphatic carbocycles. The molecule has 4 nitrogen and oxygen atoms in total. The quantitative estimate of drug-likeness (QED) is 0.319. The van der Waals surface area contributed by atoms with E-state index in [0.29, 0.717) is 11.4 Å². The molecule has 12 heavy (non-hydrogen) atoms. The lowest BCUT2D eigenvalue weighted by molar-refractivity contribution is 0.318. The van der Waals surface area contributed by atoms with Crippen molar-refractivity contribution >= 4 is 19.7 Å². The number of hydrogen-bond donors (Lipinski definition) is 1. The van der Waals surface area contributed by atoms with Gasteiger partial charge in [-0.15, -0.1) is 5.16 Å². The van der Waals surface area contributed by atoms with Gasteiger partial charge in [-0.25, -0.2) is 0 Å². The van der Waals surface area contributed by atoms with E-state index >= 15 is 0 Å². The summed E-state index contributed by atoms with van der Waals surface area (Å²) in [6, 6.07) is 0. The zero-order valence-corrected chi connectivity index (χ0v) is 9.25. The van der Waals surface area contributed by atoms with Crippen molar-refractivity contribution in [3.8, 4) is 0 Å². The zero-order chi connectivity index (χ0) is 9.78. The van der Waals surface area contributed by atoms with Gasteiger partial charge in [0.2, 0.25) is 0 Å². The monoisotopic (exact) mass is 188 g/mol. The van der Waals surface area contributed by atoms with Crippen molar-refractivity contribution in [1.29, 1.82) is 0 Å². The molecule has 0 saturated heterocycles. The Morgan fingerprint density at radius 1 is 1.17 bits per heavy atom. The summed E-state index contributed by atoms with van der Waals surface area (Å²) in [7, 11) is -1.60. The minimum atomic E-state index is -1.60. The molecule has 0 aliphatic rings. The molecule has 0 aromatic carbocycles. The van der Waals surface area contributed by atoms with Crippen LogP contribution < -0.4 is 0 Å². The number of nitrogens with zero attached hydrogens (tertiary/aromatic N) is 2. The van der Waals surface area contributed by atoms with Gasteiger partial charge in [-0.2, -0.15) is 0 Å². The first kappa shape index (κ1) is 11.2. The Morgan fingerprint density at radius 3 is 2.00 bits per heavy atom. The van der Waals surface area contributed by atoms with E-state index < -0.39 is 8.32 Å². The van der Waals surface area contributed by atoms with E-state index in [2.05, 4.69) is 10.3 Å². The largest absolute Gasteiger partial charge is 0.455 e. The fraction of sp³-hybridized carbons (Fsp3) is 0.714. The average molecular weight is 188 g/mol. The fourth-order valence-corrected chi connectivity index (χ4v) is 0.755. The Morgan fingerprint density at radius 2 is 1.67 bits per heavy atom. The predicted octanol–water partition coefficient (Wildman–Crippen LogP) is 2.06. The van der Waals surface area contributed by atoms with Crippen LogP contribution in [0, 0.1) is 0 Å². The Bertz CT molecular complexity index is 206. The minimum Gasteiger partial charge on any atom is -0.455 e. The molecular formula is C7H16N2O2Si. The van der Waals surface area contributed by atoms with Crippen LogP contribution in [0.1, 0.15) is 13.8 Å². The Labute approximate surface area is 74.0 Å². The molecule has 0 rings (SSSR count). The van der Waals surface area contributed by atoms with Crippen LogP contribution in [0.2, 0.25) is 19.6 Å². The second-order valence-corrected chi connectivity index (χ2v) is 7.97. The average Bonchev–Trinajstić information content (AvgIpc) is 1.97. The molecule has 0 radical (unpaired) electrons. The fourth-order valence-electron chi connectivity index (χ4n) is 0.344. The summed E-state index contributed by atoms with van der Waals surface area (Å²) in [5.41, 5.74) is 1.09. The first-order valence-electron chi connectivity index (χ1n) is 3.78. The molecular weight excluding hydrogens is 172 g/mol. The van der Waals surface area contributed by atoms with Crippen LogP contribution in [0.25, 0.3) is 0 Å². The number of oxime groups is 2. The number of rotatable bonds is 3. The summed E-state index contributed by atoms with van der Waals surface area (Å²) < 4.78 is 5.25. The van der Waals surface area contributed by atoms with Crippen molar-refractivity contribution in [2.45, 2.75) is 33.5 Å². The van der Waals surface area contributed by atoms with Gasteiger partial charge in [0, 0.05) is 0 Å². The van der Waals surface area contributed by atoms with Crippen LogP contribution in [0.15, 0.2) is 10.3 Å². The molecule has 0 fully saturated rings. The molecule has 0 aromatic heterocycles. The van der Waals surface area contributed by atoms with E-state index in [1.165, 1.54) is 0 Å². The molecule has 5 heteroatoms. The maximum Gasteiger partial charge on any atom is 0.278 e. The summed E-state index contributed by atoms with van der Waals surface area (Å²) >= 11 is 0. The van der Waals surface area contributed by atoms with Crippen molar-refractivity contribution in [2.75, 3.05) is 0 Å². The predicted molar refractivity (Wildman–Crippen MR) is 52.4 cm³/mol. The highest BCUT2D eigenvalue weighted by molar-refractivity contribution is 6.69. The maximum absolute atomic E-state index is 8.40. The van der Waals surface area contributed by atoms with Gasteiger partial charge in [-0.3, -0.25) is 0 Å². The minimum absolute atomic E-state index is 0.480. The molecule has 1 N–H and O–H groups in total. The lowest BCUT2D eigenvalue weighted by Crippen LogP contribution is -2.23. The standard InChI is InChI=1S/C7H16N2O2Si/c1-6(8-10)7(2)9-11-12(3,4)5/h10H,1-5H3. The Kier molecular flexibility index (Phi) is 3.95. The van der Waals surface area contributed by atoms with Crippen LogP contribution in [-0.4, -0.2) is 24.9 Å². The van der Waals surface area contributed by atoms with Gasteiger partial charge in [0.1, 0.15) is 5.71 Å². The van der Waals surface area contributed by atoms with E-state index in [-0.39, 0.29) is 0 Å². The Hall–Kier alpha value is -0.843. The smallest absolute Gasteiger partial charge is 0.278 e. The van der Waals surface area contributed by atoms with Crippen molar-refractivity contribution < 1.29 is 9.73 Å². The third-order valence-electron chi connectivity index (χ3n) is 1.13. The van der Waals surface area contributed by atoms with Crippen molar-refractivity contribution in [2.24, 2.45) is 10.3 Å². The van der Waals surface area contributed by atoms with Gasteiger partial charge in [0.15, 0.2) is 0 Å². The van der Waals surface area contributed by atoms with Gasteiger partial charge >= 0.3 is 0 Å². The lowest BCUT2D eigenvalue weighted by Gasteiger charge is -2.13. The van der Waals surface area contributed by atoms with E-state index in [9.17, 15) is 0 Å². The third-order valence-corrected chi connectivity index (χ3v) is 1.77. The van der Waals surface area contributed by atoms with Crippen LogP contribution in [-0.2, 0) is 4.53 Å². The molecule has 0 aromatic rings. The van der Waals surface area contributed by atoms with E-state index in [1.807, 2.05) is 19.6 Å². The molecule has 0 amide bonds.